The highest BCUT2D eigenvalue weighted by Gasteiger charge is 2.07. The summed E-state index contributed by atoms with van der Waals surface area (Å²) in [6.45, 7) is 5.53. The molecule has 0 aliphatic rings. The lowest BCUT2D eigenvalue weighted by atomic mass is 10.1. The lowest BCUT2D eigenvalue weighted by molar-refractivity contribution is 0.101. The van der Waals surface area contributed by atoms with E-state index in [1.54, 1.807) is 18.2 Å². The molecule has 0 heterocycles. The van der Waals surface area contributed by atoms with Gasteiger partial charge in [-0.15, -0.1) is 0 Å². The van der Waals surface area contributed by atoms with Crippen LogP contribution in [-0.2, 0) is 0 Å². The van der Waals surface area contributed by atoms with Crippen LogP contribution >= 0.6 is 0 Å². The number of carbonyl (C=O) groups is 1. The van der Waals surface area contributed by atoms with Crippen molar-refractivity contribution in [2.45, 2.75) is 20.8 Å². The third-order valence-corrected chi connectivity index (χ3v) is 2.96. The second-order valence-corrected chi connectivity index (χ2v) is 4.68. The molecule has 0 fully saturated rings. The third-order valence-electron chi connectivity index (χ3n) is 2.96. The van der Waals surface area contributed by atoms with Gasteiger partial charge in [0.15, 0.2) is 5.78 Å². The highest BCUT2D eigenvalue weighted by molar-refractivity contribution is 5.99. The number of nitrogen functional groups attached to an aromatic ring is 1. The second-order valence-electron chi connectivity index (χ2n) is 4.68. The number of rotatable bonds is 3. The monoisotopic (exact) mass is 255 g/mol. The normalized spacial score (nSPS) is 10.3. The minimum atomic E-state index is -0.0458. The number of nitrogens with two attached hydrogens (primary N) is 1. The van der Waals surface area contributed by atoms with Crippen LogP contribution in [0, 0.1) is 13.8 Å². The van der Waals surface area contributed by atoms with Crippen LogP contribution in [0.15, 0.2) is 36.4 Å². The van der Waals surface area contributed by atoms with Crippen molar-refractivity contribution >= 4 is 11.5 Å². The number of anilines is 1. The van der Waals surface area contributed by atoms with E-state index in [0.29, 0.717) is 17.0 Å². The Kier molecular flexibility index (Phi) is 3.56. The summed E-state index contributed by atoms with van der Waals surface area (Å²) in [6.07, 6.45) is 0. The lowest BCUT2D eigenvalue weighted by Crippen LogP contribution is -1.99. The fraction of sp³-hybridized carbons (Fsp3) is 0.188. The van der Waals surface area contributed by atoms with E-state index in [9.17, 15) is 4.79 Å². The summed E-state index contributed by atoms with van der Waals surface area (Å²) >= 11 is 0. The Morgan fingerprint density at radius 3 is 2.42 bits per heavy atom. The van der Waals surface area contributed by atoms with E-state index in [0.717, 1.165) is 11.3 Å². The number of carbonyl (C=O) groups excluding carboxylic acids is 1. The average Bonchev–Trinajstić information content (AvgIpc) is 2.32. The molecule has 3 nitrogen and oxygen atoms in total. The molecule has 0 aliphatic carbocycles. The van der Waals surface area contributed by atoms with Crippen molar-refractivity contribution in [1.29, 1.82) is 0 Å². The van der Waals surface area contributed by atoms with Gasteiger partial charge in [-0.3, -0.25) is 4.79 Å². The summed E-state index contributed by atoms with van der Waals surface area (Å²) in [5, 5.41) is 0. The van der Waals surface area contributed by atoms with Crippen LogP contribution in [0.5, 0.6) is 11.5 Å². The van der Waals surface area contributed by atoms with Crippen molar-refractivity contribution in [2.24, 2.45) is 0 Å². The van der Waals surface area contributed by atoms with Gasteiger partial charge < -0.3 is 10.5 Å². The van der Waals surface area contributed by atoms with Crippen LogP contribution in [0.4, 0.5) is 5.69 Å². The molecular weight excluding hydrogens is 238 g/mol. The van der Waals surface area contributed by atoms with E-state index in [-0.39, 0.29) is 5.78 Å². The molecule has 2 N–H and O–H groups in total. The molecule has 0 atom stereocenters. The van der Waals surface area contributed by atoms with Gasteiger partial charge >= 0.3 is 0 Å². The molecule has 98 valence electrons. The van der Waals surface area contributed by atoms with Crippen LogP contribution in [0.3, 0.4) is 0 Å². The van der Waals surface area contributed by atoms with Crippen LogP contribution < -0.4 is 10.5 Å². The van der Waals surface area contributed by atoms with E-state index in [4.69, 9.17) is 10.5 Å². The highest BCUT2D eigenvalue weighted by Crippen LogP contribution is 2.28. The number of hydrogen-bond donors (Lipinski definition) is 1. The maximum Gasteiger partial charge on any atom is 0.161 e. The molecule has 3 heteroatoms. The zero-order valence-electron chi connectivity index (χ0n) is 11.4. The predicted molar refractivity (Wildman–Crippen MR) is 76.8 cm³/mol. The van der Waals surface area contributed by atoms with Crippen LogP contribution in [0.2, 0.25) is 0 Å². The van der Waals surface area contributed by atoms with Gasteiger partial charge in [0.1, 0.15) is 11.5 Å². The van der Waals surface area contributed by atoms with E-state index < -0.39 is 0 Å². The molecule has 0 bridgehead atoms. The topological polar surface area (TPSA) is 52.3 Å². The van der Waals surface area contributed by atoms with Gasteiger partial charge in [-0.1, -0.05) is 17.7 Å². The Labute approximate surface area is 113 Å². The first kappa shape index (κ1) is 13.1. The molecule has 2 aromatic carbocycles. The van der Waals surface area contributed by atoms with E-state index >= 15 is 0 Å². The molecule has 2 rings (SSSR count). The zero-order valence-corrected chi connectivity index (χ0v) is 11.4. The SMILES string of the molecule is CC(=O)c1ccc(Oc2ccc(C)cc2C)cc1N. The summed E-state index contributed by atoms with van der Waals surface area (Å²) in [5.41, 5.74) is 9.05. The van der Waals surface area contributed by atoms with Crippen molar-refractivity contribution < 1.29 is 9.53 Å². The number of benzene rings is 2. The number of aryl methyl sites for hydroxylation is 2. The summed E-state index contributed by atoms with van der Waals surface area (Å²) in [5.74, 6) is 1.38. The largest absolute Gasteiger partial charge is 0.457 e. The molecule has 0 unspecified atom stereocenters. The number of ketones is 1. The Morgan fingerprint density at radius 2 is 1.84 bits per heavy atom. The fourth-order valence-corrected chi connectivity index (χ4v) is 1.97. The smallest absolute Gasteiger partial charge is 0.161 e. The number of Topliss-reactive ketones (excluding diaryl/α,β-unsaturated/α-hetero) is 1. The average molecular weight is 255 g/mol. The van der Waals surface area contributed by atoms with E-state index in [2.05, 4.69) is 6.07 Å². The maximum atomic E-state index is 11.3. The molecule has 0 spiro atoms. The summed E-state index contributed by atoms with van der Waals surface area (Å²) < 4.78 is 5.79. The van der Waals surface area contributed by atoms with Crippen molar-refractivity contribution in [3.05, 3.63) is 53.1 Å². The van der Waals surface area contributed by atoms with Gasteiger partial charge in [-0.05, 0) is 44.5 Å². The molecule has 0 saturated carbocycles. The van der Waals surface area contributed by atoms with Gasteiger partial charge in [0.05, 0.1) is 0 Å². The Morgan fingerprint density at radius 1 is 1.11 bits per heavy atom. The lowest BCUT2D eigenvalue weighted by Gasteiger charge is -2.11. The Bertz CT molecular complexity index is 633. The van der Waals surface area contributed by atoms with Crippen molar-refractivity contribution in [3.63, 3.8) is 0 Å². The highest BCUT2D eigenvalue weighted by atomic mass is 16.5. The number of ether oxygens (including phenoxy) is 1. The van der Waals surface area contributed by atoms with Gasteiger partial charge in [0.25, 0.3) is 0 Å². The van der Waals surface area contributed by atoms with Crippen molar-refractivity contribution in [1.82, 2.24) is 0 Å². The van der Waals surface area contributed by atoms with Crippen molar-refractivity contribution in [3.8, 4) is 11.5 Å². The first-order valence-electron chi connectivity index (χ1n) is 6.13. The molecule has 0 aliphatic heterocycles. The minimum absolute atomic E-state index is 0.0458. The molecule has 19 heavy (non-hydrogen) atoms. The second kappa shape index (κ2) is 5.14. The Balaban J connectivity index is 2.29. The minimum Gasteiger partial charge on any atom is -0.457 e. The molecule has 0 aromatic heterocycles. The predicted octanol–water partition coefficient (Wildman–Crippen LogP) is 3.88. The van der Waals surface area contributed by atoms with Crippen LogP contribution in [-0.4, -0.2) is 5.78 Å². The van der Waals surface area contributed by atoms with E-state index in [1.165, 1.54) is 12.5 Å². The molecule has 0 amide bonds. The molecule has 0 radical (unpaired) electrons. The van der Waals surface area contributed by atoms with E-state index in [1.807, 2.05) is 26.0 Å². The third kappa shape index (κ3) is 2.94. The van der Waals surface area contributed by atoms with Gasteiger partial charge in [-0.25, -0.2) is 0 Å². The maximum absolute atomic E-state index is 11.3. The molecule has 0 saturated heterocycles. The fourth-order valence-electron chi connectivity index (χ4n) is 1.97. The Hall–Kier alpha value is -2.29. The van der Waals surface area contributed by atoms with Gasteiger partial charge in [0, 0.05) is 17.3 Å². The zero-order chi connectivity index (χ0) is 14.0. The van der Waals surface area contributed by atoms with Gasteiger partial charge in [-0.2, -0.15) is 0 Å². The van der Waals surface area contributed by atoms with Gasteiger partial charge in [0.2, 0.25) is 0 Å². The molecular formula is C16H17NO2. The van der Waals surface area contributed by atoms with Crippen molar-refractivity contribution in [2.75, 3.05) is 5.73 Å². The standard InChI is InChI=1S/C16H17NO2/c1-10-4-7-16(11(2)8-10)19-13-5-6-14(12(3)18)15(17)9-13/h4-9H,17H2,1-3H3. The number of hydrogen-bond acceptors (Lipinski definition) is 3. The quantitative estimate of drug-likeness (QED) is 0.669. The first-order valence-corrected chi connectivity index (χ1v) is 6.13. The summed E-state index contributed by atoms with van der Waals surface area (Å²) in [7, 11) is 0. The summed E-state index contributed by atoms with van der Waals surface area (Å²) in [4.78, 5) is 11.3. The van der Waals surface area contributed by atoms with Crippen LogP contribution in [0.1, 0.15) is 28.4 Å². The first-order chi connectivity index (χ1) is 8.97. The summed E-state index contributed by atoms with van der Waals surface area (Å²) in [6, 6.07) is 11.1. The molecule has 2 aromatic rings. The van der Waals surface area contributed by atoms with Crippen LogP contribution in [0.25, 0.3) is 0 Å².